The van der Waals surface area contributed by atoms with Crippen molar-refractivity contribution in [2.24, 2.45) is 0 Å². The number of aromatic nitrogens is 1. The molecule has 0 amide bonds. The number of sulfonamides is 1. The second-order valence-electron chi connectivity index (χ2n) is 7.77. The predicted octanol–water partition coefficient (Wildman–Crippen LogP) is 3.79. The monoisotopic (exact) mass is 441 g/mol. The lowest BCUT2D eigenvalue weighted by Gasteiger charge is -2.35. The van der Waals surface area contributed by atoms with Gasteiger partial charge in [0.15, 0.2) is 0 Å². The van der Waals surface area contributed by atoms with Gasteiger partial charge in [0.1, 0.15) is 11.5 Å². The van der Waals surface area contributed by atoms with E-state index in [4.69, 9.17) is 9.26 Å². The van der Waals surface area contributed by atoms with E-state index in [0.717, 1.165) is 33.8 Å². The summed E-state index contributed by atoms with van der Waals surface area (Å²) in [5.41, 5.74) is 4.16. The van der Waals surface area contributed by atoms with Crippen molar-refractivity contribution in [3.63, 3.8) is 0 Å². The molecule has 0 bridgehead atoms. The fourth-order valence-electron chi connectivity index (χ4n) is 4.06. The summed E-state index contributed by atoms with van der Waals surface area (Å²) < 4.78 is 39.1. The molecule has 0 saturated carbocycles. The average molecular weight is 442 g/mol. The Morgan fingerprint density at radius 1 is 1.00 bits per heavy atom. The van der Waals surface area contributed by atoms with Gasteiger partial charge in [0, 0.05) is 43.5 Å². The van der Waals surface area contributed by atoms with Gasteiger partial charge in [-0.2, -0.15) is 4.31 Å². The van der Waals surface area contributed by atoms with Gasteiger partial charge in [-0.05, 0) is 50.1 Å². The number of ether oxygens (including phenoxy) is 1. The quantitative estimate of drug-likeness (QED) is 0.600. The first-order chi connectivity index (χ1) is 14.8. The number of anilines is 1. The third kappa shape index (κ3) is 4.05. The number of aryl methyl sites for hydroxylation is 3. The largest absolute Gasteiger partial charge is 0.497 e. The Morgan fingerprint density at radius 2 is 1.74 bits per heavy atom. The molecular formula is C23H27N3O4S. The zero-order valence-corrected chi connectivity index (χ0v) is 19.1. The highest BCUT2D eigenvalue weighted by atomic mass is 32.2. The lowest BCUT2D eigenvalue weighted by Crippen LogP contribution is -2.48. The molecule has 3 aromatic rings. The molecule has 8 heteroatoms. The summed E-state index contributed by atoms with van der Waals surface area (Å²) >= 11 is 0. The first-order valence-electron chi connectivity index (χ1n) is 10.2. The van der Waals surface area contributed by atoms with Crippen LogP contribution in [0, 0.1) is 20.8 Å². The predicted molar refractivity (Wildman–Crippen MR) is 120 cm³/mol. The van der Waals surface area contributed by atoms with Crippen LogP contribution in [0.2, 0.25) is 0 Å². The van der Waals surface area contributed by atoms with Gasteiger partial charge in [-0.1, -0.05) is 23.4 Å². The van der Waals surface area contributed by atoms with Crippen molar-refractivity contribution in [1.82, 2.24) is 9.46 Å². The van der Waals surface area contributed by atoms with Gasteiger partial charge in [0.25, 0.3) is 0 Å². The summed E-state index contributed by atoms with van der Waals surface area (Å²) in [5, 5.41) is 4.00. The first-order valence-corrected chi connectivity index (χ1v) is 11.7. The minimum absolute atomic E-state index is 0.333. The molecule has 0 spiro atoms. The molecule has 164 valence electrons. The maximum absolute atomic E-state index is 13.5. The zero-order chi connectivity index (χ0) is 22.2. The van der Waals surface area contributed by atoms with Gasteiger partial charge < -0.3 is 14.2 Å². The van der Waals surface area contributed by atoms with Crippen LogP contribution in [0.4, 0.5) is 5.69 Å². The van der Waals surface area contributed by atoms with Crippen LogP contribution in [0.15, 0.2) is 51.9 Å². The Hall–Kier alpha value is -2.84. The van der Waals surface area contributed by atoms with Crippen molar-refractivity contribution < 1.29 is 17.7 Å². The van der Waals surface area contributed by atoms with Crippen LogP contribution >= 0.6 is 0 Å². The van der Waals surface area contributed by atoms with Crippen LogP contribution in [-0.4, -0.2) is 51.2 Å². The van der Waals surface area contributed by atoms with E-state index in [2.05, 4.69) is 10.1 Å². The molecule has 7 nitrogen and oxygen atoms in total. The van der Waals surface area contributed by atoms with Gasteiger partial charge in [0.2, 0.25) is 10.0 Å². The molecule has 0 radical (unpaired) electrons. The number of methoxy groups -OCH3 is 1. The molecule has 1 aromatic heterocycles. The van der Waals surface area contributed by atoms with E-state index in [9.17, 15) is 8.42 Å². The molecule has 4 rings (SSSR count). The number of benzene rings is 2. The lowest BCUT2D eigenvalue weighted by molar-refractivity contribution is 0.383. The van der Waals surface area contributed by atoms with Crippen LogP contribution in [0.3, 0.4) is 0 Å². The smallest absolute Gasteiger partial charge is 0.243 e. The van der Waals surface area contributed by atoms with Crippen molar-refractivity contribution in [3.8, 4) is 16.9 Å². The third-order valence-corrected chi connectivity index (χ3v) is 7.83. The summed E-state index contributed by atoms with van der Waals surface area (Å²) in [6, 6.07) is 13.3. The lowest BCUT2D eigenvalue weighted by atomic mass is 10.0. The number of hydrogen-bond donors (Lipinski definition) is 0. The van der Waals surface area contributed by atoms with Crippen LogP contribution in [-0.2, 0) is 10.0 Å². The molecule has 1 aliphatic rings. The normalized spacial score (nSPS) is 15.3. The standard InChI is InChI=1S/C23H27N3O4S/c1-16-8-9-19(23-17(2)24-30-18(23)3)14-22(16)31(27,28)26-12-10-25(11-13-26)20-6-5-7-21(15-20)29-4/h5-9,14-15H,10-13H2,1-4H3. The van der Waals surface area contributed by atoms with Crippen molar-refractivity contribution in [3.05, 3.63) is 59.5 Å². The van der Waals surface area contributed by atoms with Gasteiger partial charge in [0.05, 0.1) is 17.7 Å². The van der Waals surface area contributed by atoms with Crippen molar-refractivity contribution in [2.75, 3.05) is 38.2 Å². The SMILES string of the molecule is COc1cccc(N2CCN(S(=O)(=O)c3cc(-c4c(C)noc4C)ccc3C)CC2)c1. The Bertz CT molecular complexity index is 1180. The minimum atomic E-state index is -3.62. The van der Waals surface area contributed by atoms with Crippen LogP contribution in [0.5, 0.6) is 5.75 Å². The van der Waals surface area contributed by atoms with Crippen molar-refractivity contribution in [2.45, 2.75) is 25.7 Å². The summed E-state index contributed by atoms with van der Waals surface area (Å²) in [4.78, 5) is 2.52. The maximum atomic E-state index is 13.5. The molecule has 31 heavy (non-hydrogen) atoms. The molecule has 0 atom stereocenters. The first kappa shape index (κ1) is 21.4. The van der Waals surface area contributed by atoms with Crippen LogP contribution in [0.1, 0.15) is 17.0 Å². The fraction of sp³-hybridized carbons (Fsp3) is 0.348. The Labute approximate surface area is 183 Å². The molecule has 0 aliphatic carbocycles. The molecule has 2 heterocycles. The van der Waals surface area contributed by atoms with E-state index in [1.54, 1.807) is 17.5 Å². The number of piperazine rings is 1. The summed E-state index contributed by atoms with van der Waals surface area (Å²) in [7, 11) is -1.98. The summed E-state index contributed by atoms with van der Waals surface area (Å²) in [6.45, 7) is 7.61. The Kier molecular flexibility index (Phi) is 5.77. The second kappa shape index (κ2) is 8.36. The zero-order valence-electron chi connectivity index (χ0n) is 18.3. The highest BCUT2D eigenvalue weighted by Crippen LogP contribution is 2.32. The third-order valence-electron chi connectivity index (χ3n) is 5.79. The van der Waals surface area contributed by atoms with Crippen LogP contribution < -0.4 is 9.64 Å². The topological polar surface area (TPSA) is 75.9 Å². The highest BCUT2D eigenvalue weighted by molar-refractivity contribution is 7.89. The molecule has 0 N–H and O–H groups in total. The average Bonchev–Trinajstić information content (AvgIpc) is 3.12. The van der Waals surface area contributed by atoms with E-state index in [0.29, 0.717) is 36.8 Å². The molecular weight excluding hydrogens is 414 g/mol. The second-order valence-corrected chi connectivity index (χ2v) is 9.68. The summed E-state index contributed by atoms with van der Waals surface area (Å²) in [6.07, 6.45) is 0. The Morgan fingerprint density at radius 3 is 2.39 bits per heavy atom. The Balaban J connectivity index is 1.57. The fourth-order valence-corrected chi connectivity index (χ4v) is 5.73. The maximum Gasteiger partial charge on any atom is 0.243 e. The van der Waals surface area contributed by atoms with Gasteiger partial charge in [-0.15, -0.1) is 0 Å². The molecule has 2 aromatic carbocycles. The highest BCUT2D eigenvalue weighted by Gasteiger charge is 2.30. The van der Waals surface area contributed by atoms with E-state index in [1.807, 2.05) is 57.2 Å². The number of rotatable bonds is 5. The molecule has 1 fully saturated rings. The van der Waals surface area contributed by atoms with Crippen LogP contribution in [0.25, 0.3) is 11.1 Å². The van der Waals surface area contributed by atoms with Gasteiger partial charge >= 0.3 is 0 Å². The number of nitrogens with zero attached hydrogens (tertiary/aromatic N) is 3. The van der Waals surface area contributed by atoms with E-state index in [1.165, 1.54) is 0 Å². The van der Waals surface area contributed by atoms with Gasteiger partial charge in [-0.3, -0.25) is 0 Å². The molecule has 0 unspecified atom stereocenters. The number of hydrogen-bond acceptors (Lipinski definition) is 6. The molecule has 1 aliphatic heterocycles. The minimum Gasteiger partial charge on any atom is -0.497 e. The van der Waals surface area contributed by atoms with E-state index < -0.39 is 10.0 Å². The van der Waals surface area contributed by atoms with Crippen molar-refractivity contribution >= 4 is 15.7 Å². The van der Waals surface area contributed by atoms with Crippen molar-refractivity contribution in [1.29, 1.82) is 0 Å². The summed E-state index contributed by atoms with van der Waals surface area (Å²) in [5.74, 6) is 1.47. The van der Waals surface area contributed by atoms with Gasteiger partial charge in [-0.25, -0.2) is 8.42 Å². The molecule has 1 saturated heterocycles. The van der Waals surface area contributed by atoms with E-state index >= 15 is 0 Å². The van der Waals surface area contributed by atoms with E-state index in [-0.39, 0.29) is 0 Å².